The lowest BCUT2D eigenvalue weighted by Crippen LogP contribution is -2.25. The van der Waals surface area contributed by atoms with E-state index in [2.05, 4.69) is 0 Å². The van der Waals surface area contributed by atoms with Gasteiger partial charge in [-0.3, -0.25) is 10.1 Å². The highest BCUT2D eigenvalue weighted by molar-refractivity contribution is 6.42. The van der Waals surface area contributed by atoms with Crippen molar-refractivity contribution in [2.45, 2.75) is 20.1 Å². The highest BCUT2D eigenvalue weighted by Gasteiger charge is 2.20. The van der Waals surface area contributed by atoms with Crippen LogP contribution in [0.5, 0.6) is 5.75 Å². The Hall–Kier alpha value is -1.08. The predicted molar refractivity (Wildman–Crippen MR) is 75.7 cm³/mol. The van der Waals surface area contributed by atoms with Crippen LogP contribution in [0.1, 0.15) is 13.8 Å². The first-order valence-electron chi connectivity index (χ1n) is 5.99. The van der Waals surface area contributed by atoms with Gasteiger partial charge in [0.05, 0.1) is 15.0 Å². The molecule has 0 saturated heterocycles. The molecule has 0 unspecified atom stereocenters. The Balaban J connectivity index is 2.85. The van der Waals surface area contributed by atoms with Crippen LogP contribution in [0.2, 0.25) is 10.0 Å². The molecule has 0 N–H and O–H groups in total. The quantitative estimate of drug-likeness (QED) is 0.414. The molecule has 1 aromatic carbocycles. The number of halogens is 2. The molecule has 112 valence electrons. The standard InChI is InChI=1S/C12H15Cl2NO5/c1-3-18-12(19-4-2)7-20-11-6-9(14)8(13)5-10(11)15(16)17/h5-6,12H,3-4,7H2,1-2H3. The van der Waals surface area contributed by atoms with Crippen LogP contribution in [0.4, 0.5) is 5.69 Å². The number of hydrogen-bond acceptors (Lipinski definition) is 5. The van der Waals surface area contributed by atoms with Crippen LogP contribution in [-0.2, 0) is 9.47 Å². The van der Waals surface area contributed by atoms with Gasteiger partial charge in [0, 0.05) is 25.3 Å². The summed E-state index contributed by atoms with van der Waals surface area (Å²) < 4.78 is 15.9. The van der Waals surface area contributed by atoms with Crippen LogP contribution >= 0.6 is 23.2 Å². The van der Waals surface area contributed by atoms with E-state index in [1.807, 2.05) is 13.8 Å². The van der Waals surface area contributed by atoms with Gasteiger partial charge in [-0.25, -0.2) is 0 Å². The second-order valence-electron chi connectivity index (χ2n) is 3.64. The van der Waals surface area contributed by atoms with E-state index in [4.69, 9.17) is 37.4 Å². The van der Waals surface area contributed by atoms with Gasteiger partial charge in [0.2, 0.25) is 0 Å². The first kappa shape index (κ1) is 17.0. The second-order valence-corrected chi connectivity index (χ2v) is 4.46. The van der Waals surface area contributed by atoms with Gasteiger partial charge in [-0.2, -0.15) is 0 Å². The van der Waals surface area contributed by atoms with Gasteiger partial charge in [0.25, 0.3) is 0 Å². The summed E-state index contributed by atoms with van der Waals surface area (Å²) in [5, 5.41) is 11.2. The number of nitrogens with zero attached hydrogens (tertiary/aromatic N) is 1. The van der Waals surface area contributed by atoms with Crippen LogP contribution < -0.4 is 4.74 Å². The molecular formula is C12H15Cl2NO5. The summed E-state index contributed by atoms with van der Waals surface area (Å²) in [6, 6.07) is 2.45. The first-order chi connectivity index (χ1) is 9.49. The average molecular weight is 324 g/mol. The van der Waals surface area contributed by atoms with Gasteiger partial charge in [-0.15, -0.1) is 0 Å². The van der Waals surface area contributed by atoms with Crippen LogP contribution in [0, 0.1) is 10.1 Å². The summed E-state index contributed by atoms with van der Waals surface area (Å²) in [7, 11) is 0. The van der Waals surface area contributed by atoms with Crippen LogP contribution in [0.25, 0.3) is 0 Å². The molecule has 0 aliphatic rings. The normalized spacial score (nSPS) is 10.8. The Morgan fingerprint density at radius 2 is 1.75 bits per heavy atom. The largest absolute Gasteiger partial charge is 0.481 e. The molecule has 8 heteroatoms. The third-order valence-corrected chi connectivity index (χ3v) is 3.00. The van der Waals surface area contributed by atoms with Gasteiger partial charge in [0.15, 0.2) is 12.0 Å². The van der Waals surface area contributed by atoms with Crippen molar-refractivity contribution in [1.82, 2.24) is 0 Å². The number of benzene rings is 1. The fraction of sp³-hybridized carbons (Fsp3) is 0.500. The molecule has 0 aromatic heterocycles. The molecule has 0 bridgehead atoms. The third kappa shape index (κ3) is 4.79. The van der Waals surface area contributed by atoms with Gasteiger partial charge in [-0.05, 0) is 13.8 Å². The Bertz CT molecular complexity index is 463. The van der Waals surface area contributed by atoms with Crippen molar-refractivity contribution in [2.24, 2.45) is 0 Å². The van der Waals surface area contributed by atoms with Crippen LogP contribution in [-0.4, -0.2) is 31.0 Å². The van der Waals surface area contributed by atoms with Crippen molar-refractivity contribution in [3.8, 4) is 5.75 Å². The lowest BCUT2D eigenvalue weighted by Gasteiger charge is -2.17. The fourth-order valence-corrected chi connectivity index (χ4v) is 1.76. The zero-order valence-corrected chi connectivity index (χ0v) is 12.6. The summed E-state index contributed by atoms with van der Waals surface area (Å²) >= 11 is 11.6. The van der Waals surface area contributed by atoms with Crippen molar-refractivity contribution in [3.63, 3.8) is 0 Å². The lowest BCUT2D eigenvalue weighted by atomic mass is 10.3. The first-order valence-corrected chi connectivity index (χ1v) is 6.74. The molecule has 0 aliphatic heterocycles. The van der Waals surface area contributed by atoms with Gasteiger partial charge >= 0.3 is 5.69 Å². The molecule has 0 amide bonds. The van der Waals surface area contributed by atoms with Crippen molar-refractivity contribution in [2.75, 3.05) is 19.8 Å². The summed E-state index contributed by atoms with van der Waals surface area (Å²) in [5.41, 5.74) is -0.258. The zero-order valence-electron chi connectivity index (χ0n) is 11.1. The molecule has 0 atom stereocenters. The van der Waals surface area contributed by atoms with Crippen LogP contribution in [0.3, 0.4) is 0 Å². The molecule has 0 heterocycles. The highest BCUT2D eigenvalue weighted by atomic mass is 35.5. The lowest BCUT2D eigenvalue weighted by molar-refractivity contribution is -0.386. The molecule has 20 heavy (non-hydrogen) atoms. The number of rotatable bonds is 8. The summed E-state index contributed by atoms with van der Waals surface area (Å²) in [5.74, 6) is 0.0220. The van der Waals surface area contributed by atoms with Crippen LogP contribution in [0.15, 0.2) is 12.1 Å². The minimum Gasteiger partial charge on any atom is -0.481 e. The summed E-state index contributed by atoms with van der Waals surface area (Å²) in [6.07, 6.45) is -0.598. The Morgan fingerprint density at radius 1 is 1.20 bits per heavy atom. The zero-order chi connectivity index (χ0) is 15.1. The van der Waals surface area contributed by atoms with E-state index in [1.54, 1.807) is 0 Å². The van der Waals surface area contributed by atoms with E-state index in [0.29, 0.717) is 13.2 Å². The highest BCUT2D eigenvalue weighted by Crippen LogP contribution is 2.35. The van der Waals surface area contributed by atoms with Gasteiger partial charge < -0.3 is 14.2 Å². The maximum absolute atomic E-state index is 10.9. The minimum absolute atomic E-state index is 0.0144. The molecule has 1 aromatic rings. The van der Waals surface area contributed by atoms with Crippen molar-refractivity contribution in [1.29, 1.82) is 0 Å². The van der Waals surface area contributed by atoms with Gasteiger partial charge in [-0.1, -0.05) is 23.2 Å². The molecule has 0 spiro atoms. The number of nitro groups is 1. The van der Waals surface area contributed by atoms with E-state index >= 15 is 0 Å². The molecule has 1 rings (SSSR count). The second kappa shape index (κ2) is 8.26. The maximum atomic E-state index is 10.9. The Kier molecular flexibility index (Phi) is 7.01. The van der Waals surface area contributed by atoms with Crippen molar-refractivity contribution < 1.29 is 19.1 Å². The molecule has 0 fully saturated rings. The Labute approximate surface area is 126 Å². The van der Waals surface area contributed by atoms with E-state index in [9.17, 15) is 10.1 Å². The summed E-state index contributed by atoms with van der Waals surface area (Å²) in [4.78, 5) is 10.4. The van der Waals surface area contributed by atoms with Crippen molar-refractivity contribution in [3.05, 3.63) is 32.3 Å². The smallest absolute Gasteiger partial charge is 0.312 e. The monoisotopic (exact) mass is 323 g/mol. The fourth-order valence-electron chi connectivity index (χ4n) is 1.45. The number of ether oxygens (including phenoxy) is 3. The van der Waals surface area contributed by atoms with Gasteiger partial charge in [0.1, 0.15) is 6.61 Å². The third-order valence-electron chi connectivity index (χ3n) is 2.28. The van der Waals surface area contributed by atoms with E-state index in [1.165, 1.54) is 6.07 Å². The topological polar surface area (TPSA) is 70.8 Å². The average Bonchev–Trinajstić information content (AvgIpc) is 2.39. The number of hydrogen-bond donors (Lipinski definition) is 0. The van der Waals surface area contributed by atoms with Crippen molar-refractivity contribution >= 4 is 28.9 Å². The SMILES string of the molecule is CCOC(COc1cc(Cl)c(Cl)cc1[N+](=O)[O-])OCC. The van der Waals surface area contributed by atoms with E-state index in [0.717, 1.165) is 6.07 Å². The predicted octanol–water partition coefficient (Wildman–Crippen LogP) is 3.68. The molecular weight excluding hydrogens is 309 g/mol. The minimum atomic E-state index is -0.598. The molecule has 0 saturated carbocycles. The molecule has 6 nitrogen and oxygen atoms in total. The van der Waals surface area contributed by atoms with E-state index in [-0.39, 0.29) is 28.1 Å². The Morgan fingerprint density at radius 3 is 2.25 bits per heavy atom. The maximum Gasteiger partial charge on any atom is 0.312 e. The number of nitro benzene ring substituents is 1. The van der Waals surface area contributed by atoms with E-state index < -0.39 is 11.2 Å². The molecule has 0 aliphatic carbocycles. The summed E-state index contributed by atoms with van der Waals surface area (Å²) in [6.45, 7) is 4.52. The molecule has 0 radical (unpaired) electrons.